The largest absolute Gasteiger partial charge is 0.445 e. The number of likely N-dealkylation sites (tertiary alicyclic amines) is 1. The Morgan fingerprint density at radius 3 is 2.26 bits per heavy atom. The molecule has 7 nitrogen and oxygen atoms in total. The van der Waals surface area contributed by atoms with Gasteiger partial charge in [0, 0.05) is 12.6 Å². The number of sulfonamides is 1. The van der Waals surface area contributed by atoms with Crippen LogP contribution in [0.15, 0.2) is 60.7 Å². The number of benzene rings is 2. The SMILES string of the molecule is CS(=O)(=O)N[C@H]1CCN(C(=O)OCc2ccccc2)C1COC1CCC(c2ccccc2)CC1. The molecule has 1 aliphatic carbocycles. The number of ether oxygens (including phenoxy) is 2. The molecule has 1 N–H and O–H groups in total. The van der Waals surface area contributed by atoms with Gasteiger partial charge in [-0.05, 0) is 49.1 Å². The molecule has 1 aliphatic heterocycles. The Hall–Kier alpha value is -2.42. The smallest absolute Gasteiger partial charge is 0.410 e. The van der Waals surface area contributed by atoms with Crippen molar-refractivity contribution in [1.82, 2.24) is 9.62 Å². The summed E-state index contributed by atoms with van der Waals surface area (Å²) in [5, 5.41) is 0. The van der Waals surface area contributed by atoms with Gasteiger partial charge in [-0.1, -0.05) is 60.7 Å². The van der Waals surface area contributed by atoms with E-state index < -0.39 is 22.2 Å². The third-order valence-electron chi connectivity index (χ3n) is 6.80. The number of hydrogen-bond donors (Lipinski definition) is 1. The molecule has 0 radical (unpaired) electrons. The molecular formula is C26H34N2O5S. The van der Waals surface area contributed by atoms with Gasteiger partial charge in [-0.15, -0.1) is 0 Å². The Balaban J connectivity index is 1.34. The molecule has 2 aromatic carbocycles. The fraction of sp³-hybridized carbons (Fsp3) is 0.500. The van der Waals surface area contributed by atoms with Crippen LogP contribution in [0.4, 0.5) is 4.79 Å². The molecule has 184 valence electrons. The number of rotatable bonds is 8. The number of carbonyl (C=O) groups is 1. The van der Waals surface area contributed by atoms with Crippen molar-refractivity contribution < 1.29 is 22.7 Å². The normalized spacial score (nSPS) is 25.3. The quantitative estimate of drug-likeness (QED) is 0.608. The summed E-state index contributed by atoms with van der Waals surface area (Å²) in [6.07, 6.45) is 5.38. The van der Waals surface area contributed by atoms with Gasteiger partial charge in [0.05, 0.1) is 25.0 Å². The fourth-order valence-electron chi connectivity index (χ4n) is 5.02. The predicted octanol–water partition coefficient (Wildman–Crippen LogP) is 4.06. The number of nitrogens with one attached hydrogen (secondary N) is 1. The zero-order chi connectivity index (χ0) is 24.0. The predicted molar refractivity (Wildman–Crippen MR) is 131 cm³/mol. The third kappa shape index (κ3) is 6.81. The van der Waals surface area contributed by atoms with E-state index in [9.17, 15) is 13.2 Å². The Bertz CT molecular complexity index is 1020. The first kappa shape index (κ1) is 24.7. The molecule has 1 unspecified atom stereocenters. The summed E-state index contributed by atoms with van der Waals surface area (Å²) < 4.78 is 38.3. The lowest BCUT2D eigenvalue weighted by molar-refractivity contribution is -0.00748. The van der Waals surface area contributed by atoms with Gasteiger partial charge in [0.1, 0.15) is 6.61 Å². The standard InChI is InChI=1S/C26H34N2O5S/c1-34(30,31)27-24-16-17-28(26(29)33-18-20-8-4-2-5-9-20)25(24)19-32-23-14-12-22(13-15-23)21-10-6-3-7-11-21/h2-11,22-25,27H,12-19H2,1H3/t22?,23?,24-,25?/m0/s1. The molecule has 1 saturated heterocycles. The summed E-state index contributed by atoms with van der Waals surface area (Å²) in [5.41, 5.74) is 2.28. The topological polar surface area (TPSA) is 84.9 Å². The highest BCUT2D eigenvalue weighted by atomic mass is 32.2. The summed E-state index contributed by atoms with van der Waals surface area (Å²) >= 11 is 0. The van der Waals surface area contributed by atoms with Gasteiger partial charge in [-0.3, -0.25) is 0 Å². The summed E-state index contributed by atoms with van der Waals surface area (Å²) in [7, 11) is -3.41. The van der Waals surface area contributed by atoms with E-state index in [0.717, 1.165) is 37.5 Å². The van der Waals surface area contributed by atoms with Gasteiger partial charge < -0.3 is 14.4 Å². The van der Waals surface area contributed by atoms with Crippen LogP contribution in [0.1, 0.15) is 49.1 Å². The van der Waals surface area contributed by atoms with Gasteiger partial charge in [0.25, 0.3) is 0 Å². The monoisotopic (exact) mass is 486 g/mol. The van der Waals surface area contributed by atoms with Crippen LogP contribution in [-0.2, 0) is 26.1 Å². The van der Waals surface area contributed by atoms with Crippen LogP contribution in [0.2, 0.25) is 0 Å². The van der Waals surface area contributed by atoms with E-state index >= 15 is 0 Å². The maximum atomic E-state index is 12.9. The number of hydrogen-bond acceptors (Lipinski definition) is 5. The third-order valence-corrected chi connectivity index (χ3v) is 7.53. The fourth-order valence-corrected chi connectivity index (χ4v) is 5.85. The zero-order valence-corrected chi connectivity index (χ0v) is 20.5. The lowest BCUT2D eigenvalue weighted by Crippen LogP contribution is -2.49. The Kier molecular flexibility index (Phi) is 8.24. The van der Waals surface area contributed by atoms with Crippen molar-refractivity contribution in [1.29, 1.82) is 0 Å². The van der Waals surface area contributed by atoms with Gasteiger partial charge in [0.15, 0.2) is 0 Å². The highest BCUT2D eigenvalue weighted by Gasteiger charge is 2.40. The number of amides is 1. The molecule has 2 aromatic rings. The molecule has 1 amide bonds. The Morgan fingerprint density at radius 2 is 1.62 bits per heavy atom. The lowest BCUT2D eigenvalue weighted by Gasteiger charge is -2.32. The van der Waals surface area contributed by atoms with Crippen molar-refractivity contribution >= 4 is 16.1 Å². The number of nitrogens with zero attached hydrogens (tertiary/aromatic N) is 1. The van der Waals surface area contributed by atoms with Crippen LogP contribution in [-0.4, -0.2) is 57.0 Å². The molecule has 0 bridgehead atoms. The van der Waals surface area contributed by atoms with Crippen molar-refractivity contribution in [3.8, 4) is 0 Å². The lowest BCUT2D eigenvalue weighted by atomic mass is 9.83. The molecule has 2 aliphatic rings. The second-order valence-corrected chi connectivity index (χ2v) is 11.1. The minimum absolute atomic E-state index is 0.113. The molecule has 34 heavy (non-hydrogen) atoms. The molecule has 4 rings (SSSR count). The summed E-state index contributed by atoms with van der Waals surface area (Å²) in [5.74, 6) is 0.552. The van der Waals surface area contributed by atoms with Gasteiger partial charge in [0.2, 0.25) is 10.0 Å². The Morgan fingerprint density at radius 1 is 0.971 bits per heavy atom. The van der Waals surface area contributed by atoms with Crippen LogP contribution >= 0.6 is 0 Å². The van der Waals surface area contributed by atoms with Crippen molar-refractivity contribution in [2.75, 3.05) is 19.4 Å². The maximum Gasteiger partial charge on any atom is 0.410 e. The van der Waals surface area contributed by atoms with Crippen molar-refractivity contribution in [3.63, 3.8) is 0 Å². The summed E-state index contributed by atoms with van der Waals surface area (Å²) in [6, 6.07) is 19.3. The molecule has 8 heteroatoms. The van der Waals surface area contributed by atoms with Crippen LogP contribution in [0.25, 0.3) is 0 Å². The van der Waals surface area contributed by atoms with E-state index in [1.54, 1.807) is 4.90 Å². The Labute approximate surface area is 202 Å². The first-order valence-corrected chi connectivity index (χ1v) is 13.9. The van der Waals surface area contributed by atoms with Crippen molar-refractivity contribution in [2.45, 2.75) is 62.8 Å². The van der Waals surface area contributed by atoms with E-state index in [1.807, 2.05) is 36.4 Å². The molecule has 1 heterocycles. The zero-order valence-electron chi connectivity index (χ0n) is 19.6. The molecule has 0 spiro atoms. The van der Waals surface area contributed by atoms with Crippen LogP contribution in [0, 0.1) is 0 Å². The maximum absolute atomic E-state index is 12.9. The summed E-state index contributed by atoms with van der Waals surface area (Å²) in [6.45, 7) is 0.890. The average molecular weight is 487 g/mol. The van der Waals surface area contributed by atoms with E-state index in [4.69, 9.17) is 9.47 Å². The minimum atomic E-state index is -3.41. The van der Waals surface area contributed by atoms with E-state index in [1.165, 1.54) is 5.56 Å². The van der Waals surface area contributed by atoms with Gasteiger partial charge >= 0.3 is 6.09 Å². The molecule has 2 atom stereocenters. The second-order valence-electron chi connectivity index (χ2n) is 9.30. The van der Waals surface area contributed by atoms with Crippen molar-refractivity contribution in [2.24, 2.45) is 0 Å². The van der Waals surface area contributed by atoms with Crippen LogP contribution in [0.5, 0.6) is 0 Å². The molecular weight excluding hydrogens is 452 g/mol. The van der Waals surface area contributed by atoms with Crippen LogP contribution < -0.4 is 4.72 Å². The second kappa shape index (κ2) is 11.3. The number of carbonyl (C=O) groups excluding carboxylic acids is 1. The first-order chi connectivity index (χ1) is 16.4. The van der Waals surface area contributed by atoms with Crippen LogP contribution in [0.3, 0.4) is 0 Å². The molecule has 2 fully saturated rings. The average Bonchev–Trinajstić information content (AvgIpc) is 3.23. The van der Waals surface area contributed by atoms with E-state index in [-0.39, 0.29) is 25.4 Å². The van der Waals surface area contributed by atoms with Gasteiger partial charge in [-0.2, -0.15) is 0 Å². The first-order valence-electron chi connectivity index (χ1n) is 12.0. The van der Waals surface area contributed by atoms with E-state index in [2.05, 4.69) is 29.0 Å². The molecule has 1 saturated carbocycles. The highest BCUT2D eigenvalue weighted by molar-refractivity contribution is 7.88. The minimum Gasteiger partial charge on any atom is -0.445 e. The van der Waals surface area contributed by atoms with E-state index in [0.29, 0.717) is 18.9 Å². The highest BCUT2D eigenvalue weighted by Crippen LogP contribution is 2.34. The summed E-state index contributed by atoms with van der Waals surface area (Å²) in [4.78, 5) is 14.5. The molecule has 0 aromatic heterocycles. The van der Waals surface area contributed by atoms with Gasteiger partial charge in [-0.25, -0.2) is 17.9 Å². The van der Waals surface area contributed by atoms with Crippen molar-refractivity contribution in [3.05, 3.63) is 71.8 Å².